The van der Waals surface area contributed by atoms with E-state index in [1.54, 1.807) is 0 Å². The van der Waals surface area contributed by atoms with Gasteiger partial charge in [-0.1, -0.05) is 23.7 Å². The van der Waals surface area contributed by atoms with E-state index in [0.717, 1.165) is 6.07 Å². The van der Waals surface area contributed by atoms with Crippen LogP contribution in [0.15, 0.2) is 24.3 Å². The minimum Gasteiger partial charge on any atom is -0.203 e. The van der Waals surface area contributed by atoms with Crippen molar-refractivity contribution in [1.29, 1.82) is 0 Å². The van der Waals surface area contributed by atoms with E-state index in [2.05, 4.69) is 0 Å². The average molecular weight is 279 g/mol. The van der Waals surface area contributed by atoms with Crippen LogP contribution in [0.2, 0.25) is 5.02 Å². The molecule has 94 valence electrons. The van der Waals surface area contributed by atoms with E-state index < -0.39 is 34.6 Å². The normalized spacial score (nSPS) is 10.8. The first-order valence-electron chi connectivity index (χ1n) is 4.71. The van der Waals surface area contributed by atoms with Crippen LogP contribution in [0, 0.1) is 29.1 Å². The van der Waals surface area contributed by atoms with Crippen LogP contribution in [0.5, 0.6) is 0 Å². The Morgan fingerprint density at radius 1 is 0.722 bits per heavy atom. The van der Waals surface area contributed by atoms with Crippen molar-refractivity contribution < 1.29 is 22.0 Å². The van der Waals surface area contributed by atoms with Crippen molar-refractivity contribution in [2.75, 3.05) is 0 Å². The van der Waals surface area contributed by atoms with Gasteiger partial charge in [0, 0.05) is 5.02 Å². The van der Waals surface area contributed by atoms with E-state index >= 15 is 0 Å². The summed E-state index contributed by atoms with van der Waals surface area (Å²) in [7, 11) is 0. The van der Waals surface area contributed by atoms with Crippen LogP contribution in [0.4, 0.5) is 22.0 Å². The molecule has 0 saturated heterocycles. The maximum Gasteiger partial charge on any atom is 0.200 e. The van der Waals surface area contributed by atoms with Gasteiger partial charge >= 0.3 is 0 Å². The minimum absolute atomic E-state index is 0.122. The second kappa shape index (κ2) is 4.57. The molecule has 0 atom stereocenters. The highest BCUT2D eigenvalue weighted by atomic mass is 35.5. The molecular weight excluding hydrogens is 275 g/mol. The van der Waals surface area contributed by atoms with E-state index in [0.29, 0.717) is 0 Å². The number of benzene rings is 2. The van der Waals surface area contributed by atoms with Crippen molar-refractivity contribution in [3.8, 4) is 11.1 Å². The molecule has 0 aromatic heterocycles. The zero-order chi connectivity index (χ0) is 13.4. The molecule has 0 aliphatic carbocycles. The number of halogens is 6. The van der Waals surface area contributed by atoms with E-state index in [1.165, 1.54) is 18.2 Å². The molecule has 0 saturated carbocycles. The predicted octanol–water partition coefficient (Wildman–Crippen LogP) is 4.70. The smallest absolute Gasteiger partial charge is 0.200 e. The number of hydrogen-bond acceptors (Lipinski definition) is 0. The van der Waals surface area contributed by atoms with Gasteiger partial charge in [-0.2, -0.15) is 0 Å². The molecule has 2 aromatic carbocycles. The summed E-state index contributed by atoms with van der Waals surface area (Å²) >= 11 is 5.60. The molecular formula is C12H4ClF5. The lowest BCUT2D eigenvalue weighted by molar-refractivity contribution is 0.381. The Morgan fingerprint density at radius 2 is 1.22 bits per heavy atom. The van der Waals surface area contributed by atoms with Crippen molar-refractivity contribution in [2.24, 2.45) is 0 Å². The summed E-state index contributed by atoms with van der Waals surface area (Å²) in [5.41, 5.74) is -1.18. The highest BCUT2D eigenvalue weighted by Crippen LogP contribution is 2.32. The Kier molecular flexibility index (Phi) is 3.26. The summed E-state index contributed by atoms with van der Waals surface area (Å²) in [6.45, 7) is 0. The summed E-state index contributed by atoms with van der Waals surface area (Å²) < 4.78 is 65.7. The van der Waals surface area contributed by atoms with Gasteiger partial charge in [0.1, 0.15) is 0 Å². The Bertz CT molecular complexity index is 595. The van der Waals surface area contributed by atoms with E-state index in [4.69, 9.17) is 11.6 Å². The molecule has 0 bridgehead atoms. The molecule has 0 spiro atoms. The lowest BCUT2D eigenvalue weighted by Gasteiger charge is -2.08. The highest BCUT2D eigenvalue weighted by molar-refractivity contribution is 6.30. The van der Waals surface area contributed by atoms with Gasteiger partial charge in [-0.15, -0.1) is 0 Å². The molecule has 0 amide bonds. The molecule has 2 rings (SSSR count). The molecule has 0 heterocycles. The Morgan fingerprint density at radius 3 is 1.72 bits per heavy atom. The topological polar surface area (TPSA) is 0 Å². The fourth-order valence-electron chi connectivity index (χ4n) is 1.50. The summed E-state index contributed by atoms with van der Waals surface area (Å²) in [6.07, 6.45) is 0. The van der Waals surface area contributed by atoms with Crippen LogP contribution in [0.1, 0.15) is 0 Å². The molecule has 0 aliphatic rings. The first-order valence-corrected chi connectivity index (χ1v) is 5.08. The van der Waals surface area contributed by atoms with Gasteiger partial charge in [0.05, 0.1) is 5.56 Å². The van der Waals surface area contributed by atoms with Gasteiger partial charge in [0.2, 0.25) is 5.82 Å². The second-order valence-corrected chi connectivity index (χ2v) is 3.89. The van der Waals surface area contributed by atoms with Crippen LogP contribution in [0.25, 0.3) is 11.1 Å². The van der Waals surface area contributed by atoms with Crippen molar-refractivity contribution in [1.82, 2.24) is 0 Å². The van der Waals surface area contributed by atoms with Crippen LogP contribution in [-0.2, 0) is 0 Å². The fraction of sp³-hybridized carbons (Fsp3) is 0. The molecule has 0 aliphatic heterocycles. The molecule has 0 N–H and O–H groups in total. The van der Waals surface area contributed by atoms with Gasteiger partial charge in [-0.25, -0.2) is 22.0 Å². The van der Waals surface area contributed by atoms with Gasteiger partial charge in [-0.05, 0) is 17.7 Å². The molecule has 0 nitrogen and oxygen atoms in total. The van der Waals surface area contributed by atoms with Crippen molar-refractivity contribution >= 4 is 11.6 Å². The van der Waals surface area contributed by atoms with E-state index in [1.807, 2.05) is 0 Å². The first-order chi connectivity index (χ1) is 8.43. The average Bonchev–Trinajstić information content (AvgIpc) is 2.34. The van der Waals surface area contributed by atoms with Gasteiger partial charge in [0.25, 0.3) is 0 Å². The Hall–Kier alpha value is -1.62. The largest absolute Gasteiger partial charge is 0.203 e. The maximum atomic E-state index is 13.5. The fourth-order valence-corrected chi connectivity index (χ4v) is 1.69. The Labute approximate surface area is 104 Å². The Balaban J connectivity index is 2.80. The molecule has 18 heavy (non-hydrogen) atoms. The first kappa shape index (κ1) is 12.8. The lowest BCUT2D eigenvalue weighted by Crippen LogP contribution is -2.03. The third-order valence-electron chi connectivity index (χ3n) is 2.32. The molecule has 2 aromatic rings. The second-order valence-electron chi connectivity index (χ2n) is 3.46. The van der Waals surface area contributed by atoms with Crippen molar-refractivity contribution in [3.05, 3.63) is 58.4 Å². The molecule has 0 fully saturated rings. The number of hydrogen-bond donors (Lipinski definition) is 0. The quantitative estimate of drug-likeness (QED) is 0.403. The highest BCUT2D eigenvalue weighted by Gasteiger charge is 2.26. The standard InChI is InChI=1S/C12H4ClF5/c13-6-3-1-2-5(4-6)7-8(14)10(16)12(18)11(17)9(7)15/h1-4H. The van der Waals surface area contributed by atoms with Gasteiger partial charge in [-0.3, -0.25) is 0 Å². The third-order valence-corrected chi connectivity index (χ3v) is 2.56. The summed E-state index contributed by atoms with van der Waals surface area (Å²) in [5.74, 6) is -9.91. The number of rotatable bonds is 1. The maximum absolute atomic E-state index is 13.5. The van der Waals surface area contributed by atoms with E-state index in [9.17, 15) is 22.0 Å². The summed E-state index contributed by atoms with van der Waals surface area (Å²) in [4.78, 5) is 0. The summed E-state index contributed by atoms with van der Waals surface area (Å²) in [5, 5.41) is 0.122. The minimum atomic E-state index is -2.18. The van der Waals surface area contributed by atoms with Gasteiger partial charge < -0.3 is 0 Å². The van der Waals surface area contributed by atoms with Crippen LogP contribution in [0.3, 0.4) is 0 Å². The van der Waals surface area contributed by atoms with Crippen LogP contribution < -0.4 is 0 Å². The zero-order valence-corrected chi connectivity index (χ0v) is 9.33. The third kappa shape index (κ3) is 1.95. The van der Waals surface area contributed by atoms with Crippen molar-refractivity contribution in [3.63, 3.8) is 0 Å². The van der Waals surface area contributed by atoms with Crippen molar-refractivity contribution in [2.45, 2.75) is 0 Å². The van der Waals surface area contributed by atoms with Crippen LogP contribution >= 0.6 is 11.6 Å². The lowest BCUT2D eigenvalue weighted by atomic mass is 10.0. The van der Waals surface area contributed by atoms with Gasteiger partial charge in [0.15, 0.2) is 23.3 Å². The molecule has 0 radical (unpaired) electrons. The molecule has 6 heteroatoms. The SMILES string of the molecule is Fc1c(F)c(F)c(-c2cccc(Cl)c2)c(F)c1F. The predicted molar refractivity (Wildman–Crippen MR) is 56.7 cm³/mol. The summed E-state index contributed by atoms with van der Waals surface area (Å²) in [6, 6.07) is 5.07. The van der Waals surface area contributed by atoms with E-state index in [-0.39, 0.29) is 10.6 Å². The molecule has 0 unspecified atom stereocenters. The zero-order valence-electron chi connectivity index (χ0n) is 8.58. The monoisotopic (exact) mass is 278 g/mol. The van der Waals surface area contributed by atoms with Crippen LogP contribution in [-0.4, -0.2) is 0 Å².